The zero-order valence-corrected chi connectivity index (χ0v) is 11.1. The highest BCUT2D eigenvalue weighted by atomic mass is 19.1. The maximum atomic E-state index is 13.5. The van der Waals surface area contributed by atoms with Crippen molar-refractivity contribution >= 4 is 5.97 Å². The van der Waals surface area contributed by atoms with Crippen molar-refractivity contribution in [3.05, 3.63) is 29.1 Å². The fourth-order valence-corrected chi connectivity index (χ4v) is 1.82. The summed E-state index contributed by atoms with van der Waals surface area (Å²) >= 11 is 0. The van der Waals surface area contributed by atoms with Gasteiger partial charge in [0.1, 0.15) is 18.2 Å². The number of hydrogen-bond donors (Lipinski definition) is 0. The molecule has 0 aromatic heterocycles. The predicted molar refractivity (Wildman–Crippen MR) is 65.9 cm³/mol. The van der Waals surface area contributed by atoms with Crippen LogP contribution < -0.4 is 4.74 Å². The van der Waals surface area contributed by atoms with Gasteiger partial charge in [-0.2, -0.15) is 0 Å². The minimum atomic E-state index is -0.387. The molecule has 0 saturated carbocycles. The molecule has 0 N–H and O–H groups in total. The molecule has 104 valence electrons. The first-order valence-electron chi connectivity index (χ1n) is 6.30. The van der Waals surface area contributed by atoms with Crippen LogP contribution in [0.3, 0.4) is 0 Å². The number of hydrogen-bond acceptors (Lipinski definition) is 4. The molecule has 1 atom stereocenters. The van der Waals surface area contributed by atoms with Gasteiger partial charge in [0.2, 0.25) is 0 Å². The Bertz CT molecular complexity index is 473. The molecular weight excluding hydrogens is 251 g/mol. The molecule has 0 unspecified atom stereocenters. The average molecular weight is 268 g/mol. The van der Waals surface area contributed by atoms with E-state index in [1.54, 1.807) is 6.92 Å². The van der Waals surface area contributed by atoms with E-state index in [1.165, 1.54) is 12.1 Å². The Balaban J connectivity index is 2.12. The molecule has 5 heteroatoms. The van der Waals surface area contributed by atoms with E-state index < -0.39 is 0 Å². The summed E-state index contributed by atoms with van der Waals surface area (Å²) in [5.74, 6) is -0.270. The molecule has 0 radical (unpaired) electrons. The summed E-state index contributed by atoms with van der Waals surface area (Å²) in [5, 5.41) is 0. The molecule has 0 spiro atoms. The Morgan fingerprint density at radius 1 is 1.53 bits per heavy atom. The smallest absolute Gasteiger partial charge is 0.308 e. The van der Waals surface area contributed by atoms with Crippen LogP contribution in [0.5, 0.6) is 5.75 Å². The molecule has 1 aromatic rings. The fraction of sp³-hybridized carbons (Fsp3) is 0.500. The summed E-state index contributed by atoms with van der Waals surface area (Å²) in [4.78, 5) is 11.6. The number of fused-ring (bicyclic) bond motifs is 1. The molecule has 19 heavy (non-hydrogen) atoms. The number of benzene rings is 1. The van der Waals surface area contributed by atoms with Gasteiger partial charge < -0.3 is 14.2 Å². The lowest BCUT2D eigenvalue weighted by atomic mass is 10.1. The first-order valence-corrected chi connectivity index (χ1v) is 6.30. The van der Waals surface area contributed by atoms with Crippen LogP contribution in [0.2, 0.25) is 0 Å². The SMILES string of the molecule is CC[C@@H](C)C(=O)OCc1cc(F)cc2c1OCOC2. The molecule has 0 aliphatic carbocycles. The second-order valence-corrected chi connectivity index (χ2v) is 4.58. The van der Waals surface area contributed by atoms with Crippen LogP contribution >= 0.6 is 0 Å². The van der Waals surface area contributed by atoms with E-state index in [4.69, 9.17) is 14.2 Å². The molecule has 1 aliphatic rings. The number of carbonyl (C=O) groups excluding carboxylic acids is 1. The topological polar surface area (TPSA) is 44.8 Å². The number of rotatable bonds is 4. The van der Waals surface area contributed by atoms with Crippen LogP contribution in [-0.4, -0.2) is 12.8 Å². The average Bonchev–Trinajstić information content (AvgIpc) is 2.43. The van der Waals surface area contributed by atoms with Gasteiger partial charge in [0, 0.05) is 11.1 Å². The van der Waals surface area contributed by atoms with Gasteiger partial charge in [0.25, 0.3) is 0 Å². The molecule has 1 heterocycles. The van der Waals surface area contributed by atoms with Crippen molar-refractivity contribution < 1.29 is 23.4 Å². The van der Waals surface area contributed by atoms with Crippen LogP contribution in [0, 0.1) is 11.7 Å². The van der Waals surface area contributed by atoms with Crippen molar-refractivity contribution in [2.24, 2.45) is 5.92 Å². The summed E-state index contributed by atoms with van der Waals surface area (Å²) < 4.78 is 29.1. The van der Waals surface area contributed by atoms with Gasteiger partial charge in [-0.25, -0.2) is 4.39 Å². The van der Waals surface area contributed by atoms with E-state index in [9.17, 15) is 9.18 Å². The molecule has 1 aliphatic heterocycles. The first-order chi connectivity index (χ1) is 9.11. The van der Waals surface area contributed by atoms with Crippen LogP contribution in [0.4, 0.5) is 4.39 Å². The van der Waals surface area contributed by atoms with Crippen molar-refractivity contribution in [3.63, 3.8) is 0 Å². The number of esters is 1. The molecule has 0 fully saturated rings. The number of carbonyl (C=O) groups is 1. The summed E-state index contributed by atoms with van der Waals surface area (Å²) in [6.07, 6.45) is 0.713. The normalized spacial score (nSPS) is 15.3. The molecule has 0 bridgehead atoms. The van der Waals surface area contributed by atoms with Gasteiger partial charge in [-0.3, -0.25) is 4.79 Å². The molecule has 4 nitrogen and oxygen atoms in total. The van der Waals surface area contributed by atoms with E-state index in [0.717, 1.165) is 0 Å². The van der Waals surface area contributed by atoms with Gasteiger partial charge >= 0.3 is 5.97 Å². The zero-order valence-electron chi connectivity index (χ0n) is 11.1. The Morgan fingerprint density at radius 2 is 2.32 bits per heavy atom. The van der Waals surface area contributed by atoms with E-state index in [-0.39, 0.29) is 31.1 Å². The first kappa shape index (κ1) is 13.8. The lowest BCUT2D eigenvalue weighted by molar-refractivity contribution is -0.149. The van der Waals surface area contributed by atoms with Crippen molar-refractivity contribution in [3.8, 4) is 5.75 Å². The third kappa shape index (κ3) is 3.23. The van der Waals surface area contributed by atoms with Gasteiger partial charge in [-0.05, 0) is 18.6 Å². The second kappa shape index (κ2) is 6.02. The Hall–Kier alpha value is -1.62. The fourth-order valence-electron chi connectivity index (χ4n) is 1.82. The highest BCUT2D eigenvalue weighted by molar-refractivity contribution is 5.72. The van der Waals surface area contributed by atoms with Crippen molar-refractivity contribution in [2.75, 3.05) is 6.79 Å². The van der Waals surface area contributed by atoms with Gasteiger partial charge in [-0.15, -0.1) is 0 Å². The number of halogens is 1. The molecule has 0 saturated heterocycles. The minimum Gasteiger partial charge on any atom is -0.467 e. The summed E-state index contributed by atoms with van der Waals surface area (Å²) in [5.41, 5.74) is 1.18. The van der Waals surface area contributed by atoms with Gasteiger partial charge in [0.05, 0.1) is 12.5 Å². The van der Waals surface area contributed by atoms with Crippen LogP contribution in [0.25, 0.3) is 0 Å². The van der Waals surface area contributed by atoms with Crippen LogP contribution in [0.1, 0.15) is 31.4 Å². The molecular formula is C14H17FO4. The lowest BCUT2D eigenvalue weighted by Gasteiger charge is -2.21. The largest absolute Gasteiger partial charge is 0.467 e. The van der Waals surface area contributed by atoms with E-state index in [1.807, 2.05) is 6.92 Å². The standard InChI is InChI=1S/C14H17FO4/c1-3-9(2)14(16)18-7-11-5-12(15)4-10-6-17-8-19-13(10)11/h4-5,9H,3,6-8H2,1-2H3/t9-/m1/s1. The second-order valence-electron chi connectivity index (χ2n) is 4.58. The maximum Gasteiger partial charge on any atom is 0.308 e. The lowest BCUT2D eigenvalue weighted by Crippen LogP contribution is -2.17. The summed E-state index contributed by atoms with van der Waals surface area (Å²) in [7, 11) is 0. The Labute approximate surface area is 111 Å². The highest BCUT2D eigenvalue weighted by Crippen LogP contribution is 2.30. The summed E-state index contributed by atoms with van der Waals surface area (Å²) in [6.45, 7) is 4.16. The summed E-state index contributed by atoms with van der Waals surface area (Å²) in [6, 6.07) is 2.70. The van der Waals surface area contributed by atoms with Crippen LogP contribution in [-0.2, 0) is 27.5 Å². The van der Waals surface area contributed by atoms with E-state index in [0.29, 0.717) is 29.9 Å². The third-order valence-electron chi connectivity index (χ3n) is 3.14. The van der Waals surface area contributed by atoms with Crippen LogP contribution in [0.15, 0.2) is 12.1 Å². The maximum absolute atomic E-state index is 13.5. The van der Waals surface area contributed by atoms with Crippen molar-refractivity contribution in [1.82, 2.24) is 0 Å². The third-order valence-corrected chi connectivity index (χ3v) is 3.14. The minimum absolute atomic E-state index is 0.0171. The van der Waals surface area contributed by atoms with E-state index >= 15 is 0 Å². The van der Waals surface area contributed by atoms with E-state index in [2.05, 4.69) is 0 Å². The molecule has 1 aromatic carbocycles. The van der Waals surface area contributed by atoms with Gasteiger partial charge in [0.15, 0.2) is 6.79 Å². The zero-order chi connectivity index (χ0) is 13.8. The quantitative estimate of drug-likeness (QED) is 0.788. The predicted octanol–water partition coefficient (Wildman–Crippen LogP) is 2.78. The number of ether oxygens (including phenoxy) is 3. The molecule has 2 rings (SSSR count). The molecule has 0 amide bonds. The van der Waals surface area contributed by atoms with Gasteiger partial charge in [-0.1, -0.05) is 13.8 Å². The van der Waals surface area contributed by atoms with Crippen molar-refractivity contribution in [1.29, 1.82) is 0 Å². The highest BCUT2D eigenvalue weighted by Gasteiger charge is 2.19. The monoisotopic (exact) mass is 268 g/mol. The Kier molecular flexibility index (Phi) is 4.37. The van der Waals surface area contributed by atoms with Crippen molar-refractivity contribution in [2.45, 2.75) is 33.5 Å². The Morgan fingerprint density at radius 3 is 3.05 bits per heavy atom.